The number of unbranched alkanes of at least 4 members (excludes halogenated alkanes) is 13. The Bertz CT molecular complexity index is 1210. The van der Waals surface area contributed by atoms with Crippen molar-refractivity contribution in [3.05, 3.63) is 85.1 Å². The molecule has 3 N–H and O–H groups in total. The van der Waals surface area contributed by atoms with E-state index in [9.17, 15) is 19.0 Å². The third-order valence-corrected chi connectivity index (χ3v) is 9.75. The van der Waals surface area contributed by atoms with Crippen molar-refractivity contribution in [3.8, 4) is 0 Å². The highest BCUT2D eigenvalue weighted by Gasteiger charge is 2.26. The van der Waals surface area contributed by atoms with Gasteiger partial charge in [0.25, 0.3) is 0 Å². The van der Waals surface area contributed by atoms with Gasteiger partial charge in [0, 0.05) is 19.4 Å². The summed E-state index contributed by atoms with van der Waals surface area (Å²) >= 11 is 0. The Morgan fingerprint density at radius 3 is 1.44 bits per heavy atom. The first kappa shape index (κ1) is 54.2. The molecule has 0 fully saturated rings. The summed E-state index contributed by atoms with van der Waals surface area (Å²) in [4.78, 5) is 34.9. The lowest BCUT2D eigenvalue weighted by molar-refractivity contribution is -0.161. The summed E-state index contributed by atoms with van der Waals surface area (Å²) in [5, 5.41) is 0. The number of hydrogen-bond acceptors (Lipinski definition) is 8. The minimum absolute atomic E-state index is 0.0431. The Hall–Kier alpha value is -2.81. The summed E-state index contributed by atoms with van der Waals surface area (Å²) in [6.45, 7) is 3.53. The summed E-state index contributed by atoms with van der Waals surface area (Å²) in [5.41, 5.74) is 5.35. The van der Waals surface area contributed by atoms with Gasteiger partial charge in [-0.2, -0.15) is 0 Å². The van der Waals surface area contributed by atoms with Crippen LogP contribution in [-0.2, 0) is 32.7 Å². The van der Waals surface area contributed by atoms with Gasteiger partial charge in [-0.15, -0.1) is 0 Å². The molecular formula is C47H80NO8P. The molecule has 0 aromatic carbocycles. The molecule has 0 radical (unpaired) electrons. The van der Waals surface area contributed by atoms with Gasteiger partial charge in [-0.1, -0.05) is 150 Å². The molecule has 0 saturated carbocycles. The number of ether oxygens (including phenoxy) is 2. The summed E-state index contributed by atoms with van der Waals surface area (Å²) in [7, 11) is -4.39. The van der Waals surface area contributed by atoms with Crippen molar-refractivity contribution in [1.82, 2.24) is 0 Å². The van der Waals surface area contributed by atoms with Crippen LogP contribution in [0.3, 0.4) is 0 Å². The van der Waals surface area contributed by atoms with Gasteiger partial charge in [-0.25, -0.2) is 4.57 Å². The number of phosphoric acid groups is 1. The average molecular weight is 818 g/mol. The van der Waals surface area contributed by atoms with Crippen molar-refractivity contribution in [2.45, 2.75) is 174 Å². The quantitative estimate of drug-likeness (QED) is 0.0268. The Balaban J connectivity index is 4.23. The predicted molar refractivity (Wildman–Crippen MR) is 238 cm³/mol. The number of carbonyl (C=O) groups excluding carboxylic acids is 2. The molecule has 0 aliphatic rings. The molecule has 2 unspecified atom stereocenters. The fourth-order valence-electron chi connectivity index (χ4n) is 5.51. The molecule has 326 valence electrons. The monoisotopic (exact) mass is 818 g/mol. The Morgan fingerprint density at radius 2 is 0.965 bits per heavy atom. The molecular weight excluding hydrogens is 737 g/mol. The molecule has 10 heteroatoms. The third-order valence-electron chi connectivity index (χ3n) is 8.77. The summed E-state index contributed by atoms with van der Waals surface area (Å²) in [6, 6.07) is 0. The normalized spacial score (nSPS) is 14.1. The van der Waals surface area contributed by atoms with E-state index in [-0.39, 0.29) is 32.6 Å². The fourth-order valence-corrected chi connectivity index (χ4v) is 6.28. The Kier molecular flexibility index (Phi) is 40.7. The molecule has 0 saturated heterocycles. The van der Waals surface area contributed by atoms with Gasteiger partial charge in [-0.05, 0) is 89.9 Å². The standard InChI is InChI=1S/C47H80NO8P/c1-3-5-7-9-11-13-15-17-19-20-21-22-23-24-26-28-30-32-34-36-38-40-47(50)56-45(44-55-57(51,52)54-42-41-48)43-53-46(49)39-37-35-33-31-29-27-25-18-16-14-12-10-8-6-4-2/h5,7,11-14,17-19,21-22,24-26,45H,3-4,6,8-10,15-16,20,23,27-44,48H2,1-2H3,(H,51,52)/b7-5-,13-11-,14-12-,19-17-,22-21-,25-18-,26-24-. The number of allylic oxidation sites excluding steroid dienone is 14. The van der Waals surface area contributed by atoms with Crippen molar-refractivity contribution in [2.24, 2.45) is 5.73 Å². The lowest BCUT2D eigenvalue weighted by Gasteiger charge is -2.19. The first-order valence-corrected chi connectivity index (χ1v) is 23.6. The molecule has 0 bridgehead atoms. The van der Waals surface area contributed by atoms with Crippen molar-refractivity contribution < 1.29 is 37.6 Å². The van der Waals surface area contributed by atoms with Crippen molar-refractivity contribution in [1.29, 1.82) is 0 Å². The van der Waals surface area contributed by atoms with E-state index in [1.807, 2.05) is 0 Å². The molecule has 0 amide bonds. The largest absolute Gasteiger partial charge is 0.472 e. The smallest absolute Gasteiger partial charge is 0.462 e. The van der Waals surface area contributed by atoms with Gasteiger partial charge in [0.1, 0.15) is 6.61 Å². The van der Waals surface area contributed by atoms with Crippen LogP contribution in [0.2, 0.25) is 0 Å². The van der Waals surface area contributed by atoms with Crippen LogP contribution in [-0.4, -0.2) is 49.3 Å². The number of esters is 2. The van der Waals surface area contributed by atoms with Gasteiger partial charge < -0.3 is 20.1 Å². The lowest BCUT2D eigenvalue weighted by Crippen LogP contribution is -2.29. The first-order valence-electron chi connectivity index (χ1n) is 22.1. The van der Waals surface area contributed by atoms with Gasteiger partial charge >= 0.3 is 19.8 Å². The highest BCUT2D eigenvalue weighted by Crippen LogP contribution is 2.43. The molecule has 0 spiro atoms. The number of phosphoric ester groups is 1. The van der Waals surface area contributed by atoms with Crippen LogP contribution in [0.5, 0.6) is 0 Å². The minimum Gasteiger partial charge on any atom is -0.462 e. The minimum atomic E-state index is -4.39. The van der Waals surface area contributed by atoms with Crippen LogP contribution in [0.4, 0.5) is 0 Å². The summed E-state index contributed by atoms with van der Waals surface area (Å²) in [6.07, 6.45) is 53.2. The van der Waals surface area contributed by atoms with Crippen molar-refractivity contribution >= 4 is 19.8 Å². The Labute approximate surface area is 347 Å². The molecule has 57 heavy (non-hydrogen) atoms. The van der Waals surface area contributed by atoms with Crippen molar-refractivity contribution in [3.63, 3.8) is 0 Å². The van der Waals surface area contributed by atoms with Crippen LogP contribution in [0, 0.1) is 0 Å². The second kappa shape index (κ2) is 42.8. The second-order valence-electron chi connectivity index (χ2n) is 14.2. The third kappa shape index (κ3) is 42.6. The summed E-state index contributed by atoms with van der Waals surface area (Å²) in [5.74, 6) is -0.874. The average Bonchev–Trinajstić information content (AvgIpc) is 3.20. The lowest BCUT2D eigenvalue weighted by atomic mass is 10.1. The van der Waals surface area contributed by atoms with Gasteiger partial charge in [0.15, 0.2) is 6.10 Å². The zero-order valence-corrected chi connectivity index (χ0v) is 36.7. The highest BCUT2D eigenvalue weighted by molar-refractivity contribution is 7.47. The molecule has 2 atom stereocenters. The molecule has 0 aromatic heterocycles. The van der Waals surface area contributed by atoms with E-state index >= 15 is 0 Å². The van der Waals surface area contributed by atoms with Gasteiger partial charge in [-0.3, -0.25) is 18.6 Å². The van der Waals surface area contributed by atoms with E-state index in [0.29, 0.717) is 12.8 Å². The van der Waals surface area contributed by atoms with E-state index in [1.165, 1.54) is 25.7 Å². The maximum atomic E-state index is 12.6. The SMILES string of the molecule is CC/C=C\C/C=C\C/C=C\C/C=C\C/C=C\CCCCCCCC(=O)OC(COC(=O)CCCCCCC/C=C\C/C=C\CCCCC)COP(=O)(O)OCCN. The zero-order valence-electron chi connectivity index (χ0n) is 35.8. The Morgan fingerprint density at radius 1 is 0.544 bits per heavy atom. The number of carbonyl (C=O) groups is 2. The molecule has 0 aliphatic heterocycles. The highest BCUT2D eigenvalue weighted by atomic mass is 31.2. The zero-order chi connectivity index (χ0) is 41.8. The van der Waals surface area contributed by atoms with E-state index in [0.717, 1.165) is 103 Å². The van der Waals surface area contributed by atoms with Crippen LogP contribution in [0.1, 0.15) is 168 Å². The first-order chi connectivity index (χ1) is 27.8. The molecule has 0 rings (SSSR count). The summed E-state index contributed by atoms with van der Waals surface area (Å²) < 4.78 is 32.8. The van der Waals surface area contributed by atoms with E-state index in [2.05, 4.69) is 98.9 Å². The van der Waals surface area contributed by atoms with Crippen molar-refractivity contribution in [2.75, 3.05) is 26.4 Å². The van der Waals surface area contributed by atoms with Crippen LogP contribution in [0.15, 0.2) is 85.1 Å². The number of hydrogen-bond donors (Lipinski definition) is 2. The van der Waals surface area contributed by atoms with E-state index in [4.69, 9.17) is 24.3 Å². The van der Waals surface area contributed by atoms with Crippen LogP contribution < -0.4 is 5.73 Å². The van der Waals surface area contributed by atoms with E-state index in [1.54, 1.807) is 0 Å². The maximum Gasteiger partial charge on any atom is 0.472 e. The van der Waals surface area contributed by atoms with Crippen LogP contribution in [0.25, 0.3) is 0 Å². The van der Waals surface area contributed by atoms with Gasteiger partial charge in [0.2, 0.25) is 0 Å². The van der Waals surface area contributed by atoms with E-state index < -0.39 is 32.5 Å². The molecule has 9 nitrogen and oxygen atoms in total. The molecule has 0 aromatic rings. The molecule has 0 aliphatic carbocycles. The number of nitrogens with two attached hydrogens (primary N) is 1. The topological polar surface area (TPSA) is 134 Å². The van der Waals surface area contributed by atoms with Crippen LogP contribution >= 0.6 is 7.82 Å². The second-order valence-corrected chi connectivity index (χ2v) is 15.6. The predicted octanol–water partition coefficient (Wildman–Crippen LogP) is 12.8. The fraction of sp³-hybridized carbons (Fsp3) is 0.660. The molecule has 0 heterocycles. The maximum absolute atomic E-state index is 12.6. The van der Waals surface area contributed by atoms with Gasteiger partial charge in [0.05, 0.1) is 13.2 Å². The number of rotatable bonds is 40.